The van der Waals surface area contributed by atoms with E-state index < -0.39 is 5.97 Å². The molecule has 1 spiro atoms. The van der Waals surface area contributed by atoms with Gasteiger partial charge in [-0.3, -0.25) is 4.79 Å². The van der Waals surface area contributed by atoms with E-state index in [4.69, 9.17) is 4.74 Å². The molecule has 1 fully saturated rings. The van der Waals surface area contributed by atoms with E-state index in [1.54, 1.807) is 12.1 Å². The van der Waals surface area contributed by atoms with Gasteiger partial charge in [0.1, 0.15) is 18.2 Å². The van der Waals surface area contributed by atoms with Gasteiger partial charge in [0.2, 0.25) is 0 Å². The number of aryl methyl sites for hydroxylation is 1. The molecule has 1 saturated carbocycles. The van der Waals surface area contributed by atoms with Gasteiger partial charge in [0, 0.05) is 11.0 Å². The normalized spacial score (nSPS) is 23.1. The number of hydrogen-bond donors (Lipinski definition) is 1. The largest absolute Gasteiger partial charge is 0.489 e. The third-order valence-electron chi connectivity index (χ3n) is 8.54. The number of hydrogen-bond acceptors (Lipinski definition) is 2. The summed E-state index contributed by atoms with van der Waals surface area (Å²) in [6, 6.07) is 17.5. The van der Waals surface area contributed by atoms with Gasteiger partial charge >= 0.3 is 5.97 Å². The van der Waals surface area contributed by atoms with Crippen molar-refractivity contribution in [2.45, 2.75) is 58.5 Å². The summed E-state index contributed by atoms with van der Waals surface area (Å²) in [6.45, 7) is 6.89. The van der Waals surface area contributed by atoms with Gasteiger partial charge in [-0.05, 0) is 102 Å². The zero-order chi connectivity index (χ0) is 25.2. The summed E-state index contributed by atoms with van der Waals surface area (Å²) in [4.78, 5) is 11.5. The quantitative estimate of drug-likeness (QED) is 0.396. The fourth-order valence-corrected chi connectivity index (χ4v) is 6.33. The fraction of sp³-hybridized carbons (Fsp3) is 0.344. The lowest BCUT2D eigenvalue weighted by Crippen LogP contribution is -2.29. The Hall–Kier alpha value is -3.40. The van der Waals surface area contributed by atoms with Crippen LogP contribution in [-0.2, 0) is 23.2 Å². The number of carbonyl (C=O) groups is 1. The Balaban J connectivity index is 1.30. The van der Waals surface area contributed by atoms with Gasteiger partial charge in [0.25, 0.3) is 0 Å². The van der Waals surface area contributed by atoms with Crippen LogP contribution >= 0.6 is 0 Å². The molecule has 0 heterocycles. The Morgan fingerprint density at radius 1 is 1.06 bits per heavy atom. The molecule has 6 rings (SSSR count). The fourth-order valence-electron chi connectivity index (χ4n) is 6.33. The van der Waals surface area contributed by atoms with E-state index in [1.165, 1.54) is 11.1 Å². The minimum atomic E-state index is -0.700. The first-order chi connectivity index (χ1) is 17.2. The van der Waals surface area contributed by atoms with Crippen molar-refractivity contribution in [3.8, 4) is 16.9 Å². The molecule has 1 N–H and O–H groups in total. The molecule has 0 saturated heterocycles. The van der Waals surface area contributed by atoms with Gasteiger partial charge < -0.3 is 9.84 Å². The predicted octanol–water partition coefficient (Wildman–Crippen LogP) is 7.48. The van der Waals surface area contributed by atoms with Crippen LogP contribution in [0.4, 0.5) is 4.39 Å². The van der Waals surface area contributed by atoms with E-state index in [-0.39, 0.29) is 22.6 Å². The topological polar surface area (TPSA) is 46.5 Å². The Bertz CT molecular complexity index is 1430. The molecule has 3 aliphatic rings. The van der Waals surface area contributed by atoms with Gasteiger partial charge in [-0.25, -0.2) is 4.39 Å². The maximum Gasteiger partial charge on any atom is 0.307 e. The number of ether oxygens (including phenoxy) is 1. The zero-order valence-corrected chi connectivity index (χ0v) is 21.0. The van der Waals surface area contributed by atoms with Crippen LogP contribution < -0.4 is 4.74 Å². The summed E-state index contributed by atoms with van der Waals surface area (Å²) >= 11 is 0. The molecule has 36 heavy (non-hydrogen) atoms. The van der Waals surface area contributed by atoms with Crippen LogP contribution in [0.3, 0.4) is 0 Å². The van der Waals surface area contributed by atoms with Crippen LogP contribution in [0.25, 0.3) is 16.7 Å². The van der Waals surface area contributed by atoms with Gasteiger partial charge in [-0.2, -0.15) is 0 Å². The molecule has 3 aromatic rings. The second-order valence-corrected chi connectivity index (χ2v) is 11.4. The standard InChI is InChI=1S/C32H31FO3/c1-19-6-11-29(33)25(13-19)23-10-7-20(14-24(23)26-5-4-12-31(26,2)3)18-36-22-9-8-21-16-32(27(21)15-22)17-28(32)30(34)35/h5-11,13-15,28H,4,12,16-18H2,1-3H3,(H,34,35)/t28-,32+/m1/s1. The van der Waals surface area contributed by atoms with Crippen molar-refractivity contribution >= 4 is 11.5 Å². The first-order valence-corrected chi connectivity index (χ1v) is 12.8. The molecule has 3 nitrogen and oxygen atoms in total. The predicted molar refractivity (Wildman–Crippen MR) is 139 cm³/mol. The monoisotopic (exact) mass is 482 g/mol. The highest BCUT2D eigenvalue weighted by atomic mass is 19.1. The first kappa shape index (κ1) is 23.0. The molecule has 2 atom stereocenters. The van der Waals surface area contributed by atoms with Crippen molar-refractivity contribution in [1.29, 1.82) is 0 Å². The molecule has 0 aliphatic heterocycles. The SMILES string of the molecule is Cc1ccc(F)c(-c2ccc(COc3ccc4c(c3)[C@]3(C4)C[C@@H]3C(=O)O)cc2C2=CCCC2(C)C)c1. The average molecular weight is 483 g/mol. The summed E-state index contributed by atoms with van der Waals surface area (Å²) in [5.41, 5.74) is 8.15. The number of rotatable bonds is 6. The maximum atomic E-state index is 14.9. The third kappa shape index (κ3) is 3.66. The van der Waals surface area contributed by atoms with Crippen molar-refractivity contribution in [2.75, 3.05) is 0 Å². The lowest BCUT2D eigenvalue weighted by atomic mass is 9.73. The van der Waals surface area contributed by atoms with Gasteiger partial charge in [-0.1, -0.05) is 49.8 Å². The zero-order valence-electron chi connectivity index (χ0n) is 21.0. The minimum Gasteiger partial charge on any atom is -0.489 e. The maximum absolute atomic E-state index is 14.9. The van der Waals surface area contributed by atoms with E-state index in [0.29, 0.717) is 12.2 Å². The number of aliphatic carboxylic acids is 1. The van der Waals surface area contributed by atoms with Crippen molar-refractivity contribution in [1.82, 2.24) is 0 Å². The number of fused-ring (bicyclic) bond motifs is 2. The molecule has 184 valence electrons. The van der Waals surface area contributed by atoms with E-state index >= 15 is 0 Å². The Labute approximate surface area is 211 Å². The minimum absolute atomic E-state index is 0.0233. The summed E-state index contributed by atoms with van der Waals surface area (Å²) in [5.74, 6) is -0.410. The van der Waals surface area contributed by atoms with Crippen molar-refractivity contribution in [2.24, 2.45) is 11.3 Å². The summed E-state index contributed by atoms with van der Waals surface area (Å²) < 4.78 is 21.1. The lowest BCUT2D eigenvalue weighted by Gasteiger charge is -2.31. The number of allylic oxidation sites excluding steroid dienone is 2. The van der Waals surface area contributed by atoms with E-state index in [1.807, 2.05) is 37.3 Å². The number of halogens is 1. The van der Waals surface area contributed by atoms with Gasteiger partial charge in [0.15, 0.2) is 0 Å². The number of carboxylic acid groups (broad SMARTS) is 1. The Morgan fingerprint density at radius 2 is 1.89 bits per heavy atom. The molecule has 0 aromatic heterocycles. The molecule has 3 aliphatic carbocycles. The van der Waals surface area contributed by atoms with Crippen LogP contribution in [0.1, 0.15) is 60.9 Å². The van der Waals surface area contributed by atoms with E-state index in [2.05, 4.69) is 32.1 Å². The van der Waals surface area contributed by atoms with Crippen molar-refractivity contribution in [3.63, 3.8) is 0 Å². The van der Waals surface area contributed by atoms with Crippen LogP contribution in [0.2, 0.25) is 0 Å². The molecule has 0 amide bonds. The van der Waals surface area contributed by atoms with Crippen molar-refractivity contribution < 1.29 is 19.0 Å². The molecular weight excluding hydrogens is 451 g/mol. The first-order valence-electron chi connectivity index (χ1n) is 12.8. The molecule has 0 bridgehead atoms. The van der Waals surface area contributed by atoms with Crippen LogP contribution in [-0.4, -0.2) is 11.1 Å². The molecule has 4 heteroatoms. The number of benzene rings is 3. The van der Waals surface area contributed by atoms with Crippen molar-refractivity contribution in [3.05, 3.63) is 94.3 Å². The number of carboxylic acids is 1. The van der Waals surface area contributed by atoms with Crippen LogP contribution in [0, 0.1) is 24.1 Å². The molecule has 0 unspecified atom stereocenters. The second kappa shape index (κ2) is 8.06. The summed E-state index contributed by atoms with van der Waals surface area (Å²) in [6.07, 6.45) is 5.97. The molecular formula is C32H31FO3. The van der Waals surface area contributed by atoms with E-state index in [9.17, 15) is 14.3 Å². The smallest absolute Gasteiger partial charge is 0.307 e. The van der Waals surface area contributed by atoms with Gasteiger partial charge in [-0.15, -0.1) is 0 Å². The third-order valence-corrected chi connectivity index (χ3v) is 8.54. The van der Waals surface area contributed by atoms with Crippen LogP contribution in [0.15, 0.2) is 60.7 Å². The second-order valence-electron chi connectivity index (χ2n) is 11.4. The summed E-state index contributed by atoms with van der Waals surface area (Å²) in [5, 5.41) is 9.43. The lowest BCUT2D eigenvalue weighted by molar-refractivity contribution is -0.139. The highest BCUT2D eigenvalue weighted by Gasteiger charge is 2.64. The molecule has 3 aromatic carbocycles. The summed E-state index contributed by atoms with van der Waals surface area (Å²) in [7, 11) is 0. The highest BCUT2D eigenvalue weighted by Crippen LogP contribution is 2.63. The molecule has 0 radical (unpaired) electrons. The Kier molecular flexibility index (Phi) is 5.15. The average Bonchev–Trinajstić information content (AvgIpc) is 3.51. The Morgan fingerprint density at radius 3 is 2.61 bits per heavy atom. The van der Waals surface area contributed by atoms with Crippen LogP contribution in [0.5, 0.6) is 5.75 Å². The van der Waals surface area contributed by atoms with E-state index in [0.717, 1.165) is 59.3 Å². The van der Waals surface area contributed by atoms with Gasteiger partial charge in [0.05, 0.1) is 5.92 Å². The highest BCUT2D eigenvalue weighted by molar-refractivity contribution is 5.85.